The third-order valence-electron chi connectivity index (χ3n) is 6.49. The molecule has 4 atom stereocenters. The average molecular weight is 695 g/mol. The number of carbonyl (C=O) groups excluding carboxylic acids is 6. The van der Waals surface area contributed by atoms with E-state index in [1.165, 1.54) is 100 Å². The van der Waals surface area contributed by atoms with E-state index in [1.54, 1.807) is 0 Å². The summed E-state index contributed by atoms with van der Waals surface area (Å²) < 4.78 is 30.9. The number of ether oxygens (including phenoxy) is 6. The quantitative estimate of drug-likeness (QED) is 0.163. The van der Waals surface area contributed by atoms with Gasteiger partial charge in [-0.3, -0.25) is 0 Å². The lowest BCUT2D eigenvalue weighted by molar-refractivity contribution is 0.00425. The van der Waals surface area contributed by atoms with Gasteiger partial charge in [0.2, 0.25) is 0 Å². The molecule has 0 aromatic heterocycles. The summed E-state index contributed by atoms with van der Waals surface area (Å²) in [5.74, 6) is -4.15. The first-order valence-electron chi connectivity index (χ1n) is 15.5. The number of carbonyl (C=O) groups is 6. The van der Waals surface area contributed by atoms with Crippen molar-refractivity contribution in [2.24, 2.45) is 0 Å². The van der Waals surface area contributed by atoms with Crippen LogP contribution in [0.3, 0.4) is 0 Å². The highest BCUT2D eigenvalue weighted by Gasteiger charge is 2.19. The minimum absolute atomic E-state index is 0.127. The molecule has 14 nitrogen and oxygen atoms in total. The highest BCUT2D eigenvalue weighted by molar-refractivity contribution is 5.95. The van der Waals surface area contributed by atoms with Gasteiger partial charge in [0.25, 0.3) is 0 Å². The van der Waals surface area contributed by atoms with Gasteiger partial charge in [0.15, 0.2) is 0 Å². The number of aliphatic hydroxyl groups is 2. The Hall–Kier alpha value is -5.60. The second-order valence-electron chi connectivity index (χ2n) is 11.3. The zero-order chi connectivity index (χ0) is 36.8. The Kier molecular flexibility index (Phi) is 14.6. The zero-order valence-electron chi connectivity index (χ0n) is 27.9. The lowest BCUT2D eigenvalue weighted by Crippen LogP contribution is -2.23. The van der Waals surface area contributed by atoms with E-state index in [4.69, 9.17) is 28.4 Å². The van der Waals surface area contributed by atoms with Crippen molar-refractivity contribution < 1.29 is 67.4 Å². The molecule has 0 aliphatic heterocycles. The van der Waals surface area contributed by atoms with Gasteiger partial charge < -0.3 is 38.6 Å². The van der Waals surface area contributed by atoms with Crippen LogP contribution in [0.4, 0.5) is 0 Å². The molecule has 0 spiro atoms. The normalized spacial score (nSPS) is 13.1. The van der Waals surface area contributed by atoms with Gasteiger partial charge in [0.1, 0.15) is 38.6 Å². The van der Waals surface area contributed by atoms with Crippen LogP contribution in [0.15, 0.2) is 72.8 Å². The Morgan fingerprint density at radius 1 is 0.400 bits per heavy atom. The molecule has 0 aliphatic carbocycles. The van der Waals surface area contributed by atoms with Crippen molar-refractivity contribution in [2.75, 3.05) is 26.4 Å². The van der Waals surface area contributed by atoms with Gasteiger partial charge in [-0.1, -0.05) is 0 Å². The number of esters is 6. The molecule has 0 radical (unpaired) electrons. The molecule has 2 N–H and O–H groups in total. The number of rotatable bonds is 16. The molecule has 3 aromatic rings. The van der Waals surface area contributed by atoms with Crippen molar-refractivity contribution in [3.8, 4) is 0 Å². The minimum Gasteiger partial charge on any atom is -0.459 e. The monoisotopic (exact) mass is 694 g/mol. The van der Waals surface area contributed by atoms with Crippen LogP contribution in [0.5, 0.6) is 0 Å². The lowest BCUT2D eigenvalue weighted by Gasteiger charge is -2.15. The largest absolute Gasteiger partial charge is 0.459 e. The van der Waals surface area contributed by atoms with Crippen molar-refractivity contribution >= 4 is 35.8 Å². The number of hydrogen-bond acceptors (Lipinski definition) is 14. The summed E-state index contributed by atoms with van der Waals surface area (Å²) in [6, 6.07) is 16.5. The van der Waals surface area contributed by atoms with E-state index in [0.717, 1.165) is 0 Å². The zero-order valence-corrected chi connectivity index (χ0v) is 27.9. The molecule has 0 bridgehead atoms. The maximum absolute atomic E-state index is 12.6. The first kappa shape index (κ1) is 38.8. The Balaban J connectivity index is 1.40. The van der Waals surface area contributed by atoms with Gasteiger partial charge in [-0.2, -0.15) is 0 Å². The van der Waals surface area contributed by atoms with E-state index >= 15 is 0 Å². The molecule has 0 heterocycles. The summed E-state index contributed by atoms with van der Waals surface area (Å²) in [6.45, 7) is 5.18. The molecule has 4 unspecified atom stereocenters. The van der Waals surface area contributed by atoms with Crippen LogP contribution >= 0.6 is 0 Å². The summed E-state index contributed by atoms with van der Waals surface area (Å²) >= 11 is 0. The molecule has 14 heteroatoms. The van der Waals surface area contributed by atoms with Gasteiger partial charge in [-0.05, 0) is 100 Å². The summed E-state index contributed by atoms with van der Waals surface area (Å²) in [5.41, 5.74) is 0.954. The van der Waals surface area contributed by atoms with Crippen LogP contribution < -0.4 is 0 Å². The molecule has 0 amide bonds. The standard InChI is InChI=1S/C36H38O14/c1-21(37)17-45-31(39)25-5-7-27(8-6-25)33(41)47-19-23(3)50-36(44)30-15-11-28(12-16-30)34(42)48-20-24(4)49-35(43)29-13-9-26(10-14-29)32(40)46-18-22(2)38/h5-16,21-24,37-38H,17-20H2,1-4H3. The Labute approximate surface area is 287 Å². The van der Waals surface area contributed by atoms with Crippen molar-refractivity contribution in [3.05, 3.63) is 106 Å². The van der Waals surface area contributed by atoms with Gasteiger partial charge in [0, 0.05) is 0 Å². The van der Waals surface area contributed by atoms with E-state index in [1.807, 2.05) is 0 Å². The van der Waals surface area contributed by atoms with E-state index < -0.39 is 60.2 Å². The fraction of sp³-hybridized carbons (Fsp3) is 0.333. The summed E-state index contributed by atoms with van der Waals surface area (Å²) in [7, 11) is 0. The molecule has 50 heavy (non-hydrogen) atoms. The molecule has 3 aromatic carbocycles. The van der Waals surface area contributed by atoms with E-state index in [9.17, 15) is 39.0 Å². The van der Waals surface area contributed by atoms with Crippen LogP contribution in [0, 0.1) is 0 Å². The topological polar surface area (TPSA) is 198 Å². The molecular formula is C36H38O14. The van der Waals surface area contributed by atoms with Crippen LogP contribution in [0.1, 0.15) is 89.8 Å². The number of hydrogen-bond donors (Lipinski definition) is 2. The van der Waals surface area contributed by atoms with Crippen LogP contribution in [-0.2, 0) is 28.4 Å². The minimum atomic E-state index is -0.815. The highest BCUT2D eigenvalue weighted by atomic mass is 16.6. The van der Waals surface area contributed by atoms with Gasteiger partial charge >= 0.3 is 35.8 Å². The smallest absolute Gasteiger partial charge is 0.338 e. The van der Waals surface area contributed by atoms with Crippen molar-refractivity contribution in [2.45, 2.75) is 52.1 Å². The second-order valence-corrected chi connectivity index (χ2v) is 11.3. The molecular weight excluding hydrogens is 656 g/mol. The maximum atomic E-state index is 12.6. The van der Waals surface area contributed by atoms with E-state index in [2.05, 4.69) is 0 Å². The lowest BCUT2D eigenvalue weighted by atomic mass is 10.1. The van der Waals surface area contributed by atoms with E-state index in [-0.39, 0.29) is 59.8 Å². The predicted molar refractivity (Wildman–Crippen MR) is 174 cm³/mol. The Morgan fingerprint density at radius 3 is 0.820 bits per heavy atom. The van der Waals surface area contributed by atoms with Gasteiger partial charge in [0.05, 0.1) is 45.6 Å². The third-order valence-corrected chi connectivity index (χ3v) is 6.49. The van der Waals surface area contributed by atoms with Crippen molar-refractivity contribution in [3.63, 3.8) is 0 Å². The molecule has 3 rings (SSSR count). The Morgan fingerprint density at radius 2 is 0.600 bits per heavy atom. The number of aliphatic hydroxyl groups excluding tert-OH is 2. The van der Waals surface area contributed by atoms with Gasteiger partial charge in [-0.25, -0.2) is 28.8 Å². The molecule has 0 fully saturated rings. The fourth-order valence-corrected chi connectivity index (χ4v) is 3.91. The molecule has 266 valence electrons. The Bertz CT molecular complexity index is 1630. The van der Waals surface area contributed by atoms with Crippen molar-refractivity contribution in [1.29, 1.82) is 0 Å². The third kappa shape index (κ3) is 12.5. The van der Waals surface area contributed by atoms with Crippen molar-refractivity contribution in [1.82, 2.24) is 0 Å². The fourth-order valence-electron chi connectivity index (χ4n) is 3.91. The number of benzene rings is 3. The first-order valence-corrected chi connectivity index (χ1v) is 15.5. The highest BCUT2D eigenvalue weighted by Crippen LogP contribution is 2.13. The van der Waals surface area contributed by atoms with E-state index in [0.29, 0.717) is 0 Å². The van der Waals surface area contributed by atoms with Gasteiger partial charge in [-0.15, -0.1) is 0 Å². The van der Waals surface area contributed by atoms with Crippen LogP contribution in [0.25, 0.3) is 0 Å². The molecule has 0 saturated carbocycles. The van der Waals surface area contributed by atoms with Crippen LogP contribution in [0.2, 0.25) is 0 Å². The molecule has 0 saturated heterocycles. The van der Waals surface area contributed by atoms with Crippen LogP contribution in [-0.4, -0.2) is 96.9 Å². The summed E-state index contributed by atoms with van der Waals surface area (Å²) in [4.78, 5) is 73.8. The maximum Gasteiger partial charge on any atom is 0.338 e. The summed E-state index contributed by atoms with van der Waals surface area (Å²) in [6.07, 6.45) is -3.24. The summed E-state index contributed by atoms with van der Waals surface area (Å²) in [5, 5.41) is 18.4. The SMILES string of the molecule is CC(O)COC(=O)c1ccc(C(=O)OCC(C)OC(=O)c2ccc(C(=O)OCC(C)OC(=O)c3ccc(C(=O)OCC(C)O)cc3)cc2)cc1. The average Bonchev–Trinajstić information content (AvgIpc) is 3.10. The molecule has 0 aliphatic rings. The first-order chi connectivity index (χ1) is 23.7. The predicted octanol–water partition coefficient (Wildman–Crippen LogP) is 3.57. The second kappa shape index (κ2) is 18.8.